The summed E-state index contributed by atoms with van der Waals surface area (Å²) in [6, 6.07) is 5.25. The molecule has 20 heavy (non-hydrogen) atoms. The minimum absolute atomic E-state index is 0.153. The van der Waals surface area contributed by atoms with E-state index in [2.05, 4.69) is 17.2 Å². The average Bonchev–Trinajstić information content (AvgIpc) is 2.83. The minimum atomic E-state index is -0.474. The van der Waals surface area contributed by atoms with E-state index in [1.807, 2.05) is 18.4 Å². The Morgan fingerprint density at radius 1 is 1.55 bits per heavy atom. The Morgan fingerprint density at radius 3 is 2.85 bits per heavy atom. The van der Waals surface area contributed by atoms with Crippen LogP contribution in [0.5, 0.6) is 0 Å². The zero-order chi connectivity index (χ0) is 14.7. The number of nitrogens with zero attached hydrogens (tertiary/aromatic N) is 1. The van der Waals surface area contributed by atoms with Crippen LogP contribution in [0.1, 0.15) is 39.6 Å². The summed E-state index contributed by atoms with van der Waals surface area (Å²) in [4.78, 5) is 15.5. The molecule has 1 amide bonds. The van der Waals surface area contributed by atoms with Crippen LogP contribution in [0.15, 0.2) is 23.6 Å². The van der Waals surface area contributed by atoms with E-state index in [4.69, 9.17) is 17.3 Å². The topological polar surface area (TPSA) is 68.0 Å². The molecule has 1 unspecified atom stereocenters. The maximum absolute atomic E-state index is 11.1. The molecule has 1 heterocycles. The number of primary amides is 1. The van der Waals surface area contributed by atoms with Crippen molar-refractivity contribution in [2.75, 3.05) is 0 Å². The first-order chi connectivity index (χ1) is 9.47. The first-order valence-electron chi connectivity index (χ1n) is 6.21. The Hall–Kier alpha value is -1.43. The Kier molecular flexibility index (Phi) is 4.75. The van der Waals surface area contributed by atoms with Crippen LogP contribution in [0.2, 0.25) is 5.02 Å². The summed E-state index contributed by atoms with van der Waals surface area (Å²) >= 11 is 7.78. The molecule has 6 heteroatoms. The third-order valence-corrected chi connectivity index (χ3v) is 4.44. The van der Waals surface area contributed by atoms with Gasteiger partial charge in [-0.05, 0) is 31.5 Å². The molecule has 0 saturated heterocycles. The number of rotatable bonds is 5. The van der Waals surface area contributed by atoms with Crippen LogP contribution in [0.3, 0.4) is 0 Å². The lowest BCUT2D eigenvalue weighted by Gasteiger charge is -2.12. The van der Waals surface area contributed by atoms with Gasteiger partial charge in [0.15, 0.2) is 0 Å². The number of nitrogens with one attached hydrogen (secondary N) is 1. The molecule has 4 nitrogen and oxygen atoms in total. The van der Waals surface area contributed by atoms with Crippen LogP contribution in [-0.2, 0) is 6.54 Å². The molecular weight excluding hydrogens is 294 g/mol. The first-order valence-corrected chi connectivity index (χ1v) is 7.46. The summed E-state index contributed by atoms with van der Waals surface area (Å²) in [5, 5.41) is 6.98. The van der Waals surface area contributed by atoms with Gasteiger partial charge in [-0.25, -0.2) is 4.98 Å². The van der Waals surface area contributed by atoms with Gasteiger partial charge in [0, 0.05) is 28.2 Å². The molecule has 0 aliphatic heterocycles. The molecule has 2 rings (SSSR count). The van der Waals surface area contributed by atoms with Crippen molar-refractivity contribution in [3.05, 3.63) is 50.4 Å². The number of nitrogens with two attached hydrogens (primary N) is 1. The Morgan fingerprint density at radius 2 is 2.30 bits per heavy atom. The van der Waals surface area contributed by atoms with Gasteiger partial charge in [-0.3, -0.25) is 4.79 Å². The molecule has 0 spiro atoms. The fraction of sp³-hybridized carbons (Fsp3) is 0.286. The van der Waals surface area contributed by atoms with Crippen LogP contribution in [0.25, 0.3) is 0 Å². The Bertz CT molecular complexity index is 627. The number of carbonyl (C=O) groups is 1. The number of aryl methyl sites for hydroxylation is 1. The lowest BCUT2D eigenvalue weighted by Crippen LogP contribution is -2.18. The first kappa shape index (κ1) is 15.0. The molecule has 0 fully saturated rings. The standard InChI is InChI=1S/C14H16ClN3OS/c1-8-7-20-14(18-8)9(2)17-6-11-4-3-10(13(16)19)5-12(11)15/h3-5,7,9,17H,6H2,1-2H3,(H2,16,19). The van der Waals surface area contributed by atoms with Gasteiger partial charge >= 0.3 is 0 Å². The second-order valence-electron chi connectivity index (χ2n) is 4.60. The van der Waals surface area contributed by atoms with E-state index in [0.717, 1.165) is 16.3 Å². The zero-order valence-electron chi connectivity index (χ0n) is 11.3. The van der Waals surface area contributed by atoms with Gasteiger partial charge in [0.25, 0.3) is 0 Å². The van der Waals surface area contributed by atoms with Crippen LogP contribution in [0.4, 0.5) is 0 Å². The highest BCUT2D eigenvalue weighted by Gasteiger charge is 2.10. The second-order valence-corrected chi connectivity index (χ2v) is 5.90. The van der Waals surface area contributed by atoms with Crippen molar-refractivity contribution < 1.29 is 4.79 Å². The summed E-state index contributed by atoms with van der Waals surface area (Å²) in [6.45, 7) is 4.65. The van der Waals surface area contributed by atoms with Crippen molar-refractivity contribution in [3.8, 4) is 0 Å². The number of thiazole rings is 1. The lowest BCUT2D eigenvalue weighted by atomic mass is 10.1. The molecule has 0 bridgehead atoms. The van der Waals surface area contributed by atoms with Gasteiger partial charge in [-0.1, -0.05) is 17.7 Å². The normalized spacial score (nSPS) is 12.3. The third-order valence-electron chi connectivity index (χ3n) is 2.94. The van der Waals surface area contributed by atoms with Crippen molar-refractivity contribution in [3.63, 3.8) is 0 Å². The molecule has 2 aromatic rings. The molecule has 1 aromatic heterocycles. The monoisotopic (exact) mass is 309 g/mol. The van der Waals surface area contributed by atoms with E-state index in [-0.39, 0.29) is 6.04 Å². The number of benzene rings is 1. The molecular formula is C14H16ClN3OS. The van der Waals surface area contributed by atoms with Gasteiger partial charge in [-0.2, -0.15) is 0 Å². The van der Waals surface area contributed by atoms with Crippen LogP contribution >= 0.6 is 22.9 Å². The van der Waals surface area contributed by atoms with Gasteiger partial charge < -0.3 is 11.1 Å². The summed E-state index contributed by atoms with van der Waals surface area (Å²) in [6.07, 6.45) is 0. The number of amides is 1. The molecule has 1 atom stereocenters. The molecule has 0 aliphatic carbocycles. The molecule has 3 N–H and O–H groups in total. The molecule has 0 aliphatic rings. The zero-order valence-corrected chi connectivity index (χ0v) is 12.9. The van der Waals surface area contributed by atoms with E-state index >= 15 is 0 Å². The maximum Gasteiger partial charge on any atom is 0.248 e. The molecule has 1 aromatic carbocycles. The number of aromatic nitrogens is 1. The van der Waals surface area contributed by atoms with Crippen molar-refractivity contribution in [1.29, 1.82) is 0 Å². The van der Waals surface area contributed by atoms with Gasteiger partial charge in [0.2, 0.25) is 5.91 Å². The van der Waals surface area contributed by atoms with Gasteiger partial charge in [0.1, 0.15) is 5.01 Å². The van der Waals surface area contributed by atoms with Crippen LogP contribution in [-0.4, -0.2) is 10.9 Å². The summed E-state index contributed by atoms with van der Waals surface area (Å²) in [7, 11) is 0. The quantitative estimate of drug-likeness (QED) is 0.892. The highest BCUT2D eigenvalue weighted by atomic mass is 35.5. The second kappa shape index (κ2) is 6.35. The number of hydrogen-bond donors (Lipinski definition) is 2. The fourth-order valence-electron chi connectivity index (χ4n) is 1.77. The van der Waals surface area contributed by atoms with E-state index in [9.17, 15) is 4.79 Å². The number of hydrogen-bond acceptors (Lipinski definition) is 4. The molecule has 0 saturated carbocycles. The maximum atomic E-state index is 11.1. The highest BCUT2D eigenvalue weighted by Crippen LogP contribution is 2.21. The van der Waals surface area contributed by atoms with Crippen LogP contribution in [0, 0.1) is 6.92 Å². The summed E-state index contributed by atoms with van der Waals surface area (Å²) in [5.41, 5.74) is 7.59. The highest BCUT2D eigenvalue weighted by molar-refractivity contribution is 7.09. The van der Waals surface area contributed by atoms with Crippen LogP contribution < -0.4 is 11.1 Å². The number of carbonyl (C=O) groups excluding carboxylic acids is 1. The predicted molar refractivity (Wildman–Crippen MR) is 82.1 cm³/mol. The SMILES string of the molecule is Cc1csc(C(C)NCc2ccc(C(N)=O)cc2Cl)n1. The van der Waals surface area contributed by atoms with Crippen molar-refractivity contribution >= 4 is 28.8 Å². The van der Waals surface area contributed by atoms with E-state index in [0.29, 0.717) is 17.1 Å². The Labute approximate surface area is 127 Å². The molecule has 0 radical (unpaired) electrons. The van der Waals surface area contributed by atoms with Gasteiger partial charge in [0.05, 0.1) is 6.04 Å². The predicted octanol–water partition coefficient (Wildman–Crippen LogP) is 3.05. The summed E-state index contributed by atoms with van der Waals surface area (Å²) < 4.78 is 0. The average molecular weight is 310 g/mol. The third kappa shape index (κ3) is 3.56. The van der Waals surface area contributed by atoms with Crippen molar-refractivity contribution in [1.82, 2.24) is 10.3 Å². The molecule has 106 valence electrons. The van der Waals surface area contributed by atoms with Gasteiger partial charge in [-0.15, -0.1) is 11.3 Å². The summed E-state index contributed by atoms with van der Waals surface area (Å²) in [5.74, 6) is -0.474. The number of halogens is 1. The van der Waals surface area contributed by atoms with E-state index < -0.39 is 5.91 Å². The van der Waals surface area contributed by atoms with E-state index in [1.54, 1.807) is 23.5 Å². The largest absolute Gasteiger partial charge is 0.366 e. The van der Waals surface area contributed by atoms with E-state index in [1.165, 1.54) is 0 Å². The smallest absolute Gasteiger partial charge is 0.248 e. The van der Waals surface area contributed by atoms with Crippen molar-refractivity contribution in [2.24, 2.45) is 5.73 Å². The lowest BCUT2D eigenvalue weighted by molar-refractivity contribution is 0.100. The van der Waals surface area contributed by atoms with Crippen molar-refractivity contribution in [2.45, 2.75) is 26.4 Å². The Balaban J connectivity index is 2.02. The fourth-order valence-corrected chi connectivity index (χ4v) is 2.84. The minimum Gasteiger partial charge on any atom is -0.366 e.